The van der Waals surface area contributed by atoms with E-state index >= 15 is 0 Å². The lowest BCUT2D eigenvalue weighted by Gasteiger charge is -1.91. The molecule has 0 saturated carbocycles. The van der Waals surface area contributed by atoms with Crippen LogP contribution in [0.15, 0.2) is 11.1 Å². The quantitative estimate of drug-likeness (QED) is 0.559. The summed E-state index contributed by atoms with van der Waals surface area (Å²) in [4.78, 5) is -0.255. The topological polar surface area (TPSA) is 70.0 Å². The Balaban J connectivity index is 4.78. The molecule has 4 nitrogen and oxygen atoms in total. The van der Waals surface area contributed by atoms with E-state index in [0.29, 0.717) is 0 Å². The Morgan fingerprint density at radius 2 is 2.20 bits per heavy atom. The van der Waals surface area contributed by atoms with Crippen LogP contribution in [0, 0.1) is 11.3 Å². The first-order chi connectivity index (χ1) is 4.52. The molecule has 10 heavy (non-hydrogen) atoms. The van der Waals surface area contributed by atoms with Gasteiger partial charge in [-0.25, -0.2) is 8.42 Å². The Morgan fingerprint density at radius 1 is 1.70 bits per heavy atom. The van der Waals surface area contributed by atoms with Crippen molar-refractivity contribution in [3.05, 3.63) is 11.1 Å². The highest BCUT2D eigenvalue weighted by atomic mass is 32.2. The second-order valence-corrected chi connectivity index (χ2v) is 3.67. The van der Waals surface area contributed by atoms with Gasteiger partial charge >= 0.3 is 0 Å². The van der Waals surface area contributed by atoms with E-state index in [1.165, 1.54) is 7.05 Å². The second-order valence-electron chi connectivity index (χ2n) is 1.68. The summed E-state index contributed by atoms with van der Waals surface area (Å²) in [6.07, 6.45) is 2.13. The summed E-state index contributed by atoms with van der Waals surface area (Å²) in [5, 5.41) is 10.7. The lowest BCUT2D eigenvalue weighted by molar-refractivity contribution is 0.608. The van der Waals surface area contributed by atoms with Gasteiger partial charge in [-0.15, -0.1) is 0 Å². The van der Waals surface area contributed by atoms with Crippen LogP contribution in [0.5, 0.6) is 0 Å². The first-order valence-corrected chi connectivity index (χ1v) is 4.39. The van der Waals surface area contributed by atoms with E-state index in [0.717, 1.165) is 12.5 Å². The van der Waals surface area contributed by atoms with E-state index in [2.05, 4.69) is 5.32 Å². The van der Waals surface area contributed by atoms with Crippen molar-refractivity contribution in [2.24, 2.45) is 0 Å². The first kappa shape index (κ1) is 8.98. The van der Waals surface area contributed by atoms with Gasteiger partial charge in [0.05, 0.1) is 0 Å². The molecular weight excluding hydrogens is 152 g/mol. The monoisotopic (exact) mass is 160 g/mol. The van der Waals surface area contributed by atoms with Crippen LogP contribution in [0.3, 0.4) is 0 Å². The van der Waals surface area contributed by atoms with Crippen LogP contribution in [0.2, 0.25) is 0 Å². The third kappa shape index (κ3) is 2.51. The average molecular weight is 160 g/mol. The van der Waals surface area contributed by atoms with Crippen LogP contribution in [-0.4, -0.2) is 21.7 Å². The molecule has 0 radical (unpaired) electrons. The summed E-state index contributed by atoms with van der Waals surface area (Å²) in [5.74, 6) is 0. The molecule has 0 fully saturated rings. The van der Waals surface area contributed by atoms with E-state index in [9.17, 15) is 8.42 Å². The largest absolute Gasteiger partial charge is 0.392 e. The molecule has 0 aromatic heterocycles. The van der Waals surface area contributed by atoms with Crippen molar-refractivity contribution in [1.82, 2.24) is 5.32 Å². The maximum atomic E-state index is 10.6. The van der Waals surface area contributed by atoms with Crippen molar-refractivity contribution in [2.75, 3.05) is 13.3 Å². The van der Waals surface area contributed by atoms with Crippen LogP contribution in [0.4, 0.5) is 0 Å². The van der Waals surface area contributed by atoms with Crippen molar-refractivity contribution in [3.63, 3.8) is 0 Å². The maximum Gasteiger partial charge on any atom is 0.186 e. The highest BCUT2D eigenvalue weighted by Crippen LogP contribution is 1.99. The minimum atomic E-state index is -3.34. The predicted octanol–water partition coefficient (Wildman–Crippen LogP) is -0.385. The lowest BCUT2D eigenvalue weighted by atomic mass is 10.7. The van der Waals surface area contributed by atoms with Crippen molar-refractivity contribution in [2.45, 2.75) is 0 Å². The molecule has 0 bridgehead atoms. The Labute approximate surface area is 60.1 Å². The summed E-state index contributed by atoms with van der Waals surface area (Å²) in [6, 6.07) is 1.55. The van der Waals surface area contributed by atoms with E-state index in [-0.39, 0.29) is 4.91 Å². The summed E-state index contributed by atoms with van der Waals surface area (Å²) in [6.45, 7) is 0. The molecule has 0 heterocycles. The Kier molecular flexibility index (Phi) is 2.90. The van der Waals surface area contributed by atoms with Crippen molar-refractivity contribution in [1.29, 1.82) is 5.26 Å². The predicted molar refractivity (Wildman–Crippen MR) is 37.6 cm³/mol. The third-order valence-electron chi connectivity index (χ3n) is 0.785. The van der Waals surface area contributed by atoms with Crippen LogP contribution in [-0.2, 0) is 9.84 Å². The molecule has 0 spiro atoms. The average Bonchev–Trinajstić information content (AvgIpc) is 1.80. The second kappa shape index (κ2) is 3.22. The molecule has 0 atom stereocenters. The minimum absolute atomic E-state index is 0.255. The summed E-state index contributed by atoms with van der Waals surface area (Å²) in [5.41, 5.74) is 0. The van der Waals surface area contributed by atoms with Gasteiger partial charge in [-0.1, -0.05) is 0 Å². The fraction of sp³-hybridized carbons (Fsp3) is 0.400. The van der Waals surface area contributed by atoms with Gasteiger partial charge < -0.3 is 5.32 Å². The standard InChI is InChI=1S/C5H8N2O2S/c1-7-4-5(3-6)10(2,8)9/h4,7H,1-2H3/b5-4+. The maximum absolute atomic E-state index is 10.6. The molecule has 0 amide bonds. The van der Waals surface area contributed by atoms with Crippen molar-refractivity contribution in [3.8, 4) is 6.07 Å². The zero-order chi connectivity index (χ0) is 8.20. The number of nitriles is 1. The first-order valence-electron chi connectivity index (χ1n) is 2.50. The number of hydrogen-bond acceptors (Lipinski definition) is 4. The van der Waals surface area contributed by atoms with Gasteiger partial charge in [0.15, 0.2) is 14.7 Å². The van der Waals surface area contributed by atoms with E-state index < -0.39 is 9.84 Å². The number of allylic oxidation sites excluding steroid dienone is 1. The number of nitrogens with zero attached hydrogens (tertiary/aromatic N) is 1. The molecule has 0 unspecified atom stereocenters. The van der Waals surface area contributed by atoms with Gasteiger partial charge in [-0.2, -0.15) is 5.26 Å². The number of hydrogen-bond donors (Lipinski definition) is 1. The number of nitrogens with one attached hydrogen (secondary N) is 1. The molecular formula is C5H8N2O2S. The van der Waals surface area contributed by atoms with Crippen LogP contribution >= 0.6 is 0 Å². The van der Waals surface area contributed by atoms with Gasteiger partial charge in [0, 0.05) is 19.5 Å². The van der Waals surface area contributed by atoms with E-state index in [4.69, 9.17) is 5.26 Å². The normalized spacial score (nSPS) is 12.3. The molecule has 0 rings (SSSR count). The molecule has 1 N–H and O–H groups in total. The molecule has 5 heteroatoms. The van der Waals surface area contributed by atoms with Gasteiger partial charge in [0.2, 0.25) is 0 Å². The van der Waals surface area contributed by atoms with Crippen LogP contribution in [0.25, 0.3) is 0 Å². The lowest BCUT2D eigenvalue weighted by Crippen LogP contribution is -2.04. The van der Waals surface area contributed by atoms with Crippen molar-refractivity contribution < 1.29 is 8.42 Å². The highest BCUT2D eigenvalue weighted by molar-refractivity contribution is 7.94. The van der Waals surface area contributed by atoms with Gasteiger partial charge in [-0.3, -0.25) is 0 Å². The summed E-state index contributed by atoms with van der Waals surface area (Å²) < 4.78 is 21.2. The van der Waals surface area contributed by atoms with Crippen LogP contribution in [0.1, 0.15) is 0 Å². The fourth-order valence-electron chi connectivity index (χ4n) is 0.353. The Morgan fingerprint density at radius 3 is 2.30 bits per heavy atom. The smallest absolute Gasteiger partial charge is 0.186 e. The summed E-state index contributed by atoms with van der Waals surface area (Å²) in [7, 11) is -1.81. The van der Waals surface area contributed by atoms with E-state index in [1.54, 1.807) is 6.07 Å². The third-order valence-corrected chi connectivity index (χ3v) is 1.79. The SMILES string of the molecule is CN/C=C(\C#N)S(C)(=O)=O. The molecule has 0 saturated heterocycles. The zero-order valence-corrected chi connectivity index (χ0v) is 6.57. The molecule has 0 aliphatic rings. The minimum Gasteiger partial charge on any atom is -0.392 e. The van der Waals surface area contributed by atoms with E-state index in [1.807, 2.05) is 0 Å². The van der Waals surface area contributed by atoms with Gasteiger partial charge in [0.25, 0.3) is 0 Å². The molecule has 0 aromatic carbocycles. The van der Waals surface area contributed by atoms with Gasteiger partial charge in [0.1, 0.15) is 6.07 Å². The summed E-state index contributed by atoms with van der Waals surface area (Å²) >= 11 is 0. The highest BCUT2D eigenvalue weighted by Gasteiger charge is 2.08. The van der Waals surface area contributed by atoms with Crippen LogP contribution < -0.4 is 5.32 Å². The molecule has 0 aromatic rings. The zero-order valence-electron chi connectivity index (χ0n) is 5.75. The Bertz CT molecular complexity index is 271. The van der Waals surface area contributed by atoms with Gasteiger partial charge in [-0.05, 0) is 0 Å². The molecule has 56 valence electrons. The number of rotatable bonds is 2. The fourth-order valence-corrected chi connectivity index (χ4v) is 0.851. The Hall–Kier alpha value is -1.02. The molecule has 0 aliphatic carbocycles. The number of sulfone groups is 1. The molecule has 0 aliphatic heterocycles. The van der Waals surface area contributed by atoms with Crippen molar-refractivity contribution >= 4 is 9.84 Å².